The zero-order valence-corrected chi connectivity index (χ0v) is 12.2. The summed E-state index contributed by atoms with van der Waals surface area (Å²) in [4.78, 5) is 8.04. The first-order valence-corrected chi connectivity index (χ1v) is 7.24. The highest BCUT2D eigenvalue weighted by molar-refractivity contribution is 9.10. The second kappa shape index (κ2) is 4.46. The third-order valence-electron chi connectivity index (χ3n) is 3.51. The molecule has 0 aliphatic carbocycles. The lowest BCUT2D eigenvalue weighted by Gasteiger charge is -2.05. The molecule has 3 heteroatoms. The van der Waals surface area contributed by atoms with Crippen LogP contribution in [0.15, 0.2) is 65.1 Å². The van der Waals surface area contributed by atoms with Crippen LogP contribution in [0.1, 0.15) is 0 Å². The number of nitrogens with zero attached hydrogens (tertiary/aromatic N) is 1. The number of halogens is 1. The van der Waals surface area contributed by atoms with Gasteiger partial charge in [0.05, 0.1) is 11.0 Å². The highest BCUT2D eigenvalue weighted by atomic mass is 79.9. The predicted molar refractivity (Wildman–Crippen MR) is 86.7 cm³/mol. The van der Waals surface area contributed by atoms with Gasteiger partial charge in [0, 0.05) is 10.0 Å². The summed E-state index contributed by atoms with van der Waals surface area (Å²) in [5.74, 6) is 0.892. The zero-order chi connectivity index (χ0) is 13.5. The van der Waals surface area contributed by atoms with Crippen LogP contribution < -0.4 is 0 Å². The van der Waals surface area contributed by atoms with Gasteiger partial charge in [0.1, 0.15) is 5.82 Å². The van der Waals surface area contributed by atoms with E-state index in [-0.39, 0.29) is 0 Å². The number of rotatable bonds is 1. The maximum atomic E-state index is 4.67. The van der Waals surface area contributed by atoms with Crippen LogP contribution in [-0.4, -0.2) is 9.97 Å². The van der Waals surface area contributed by atoms with Crippen molar-refractivity contribution in [1.82, 2.24) is 9.97 Å². The van der Waals surface area contributed by atoms with Crippen LogP contribution in [0.5, 0.6) is 0 Å². The fraction of sp³-hybridized carbons (Fsp3) is 0. The molecule has 0 spiro atoms. The first-order valence-electron chi connectivity index (χ1n) is 6.45. The molecule has 0 radical (unpaired) electrons. The van der Waals surface area contributed by atoms with Crippen LogP contribution in [0.25, 0.3) is 33.2 Å². The number of fused-ring (bicyclic) bond motifs is 2. The van der Waals surface area contributed by atoms with Gasteiger partial charge in [-0.25, -0.2) is 4.98 Å². The van der Waals surface area contributed by atoms with E-state index in [0.29, 0.717) is 0 Å². The van der Waals surface area contributed by atoms with E-state index in [9.17, 15) is 0 Å². The summed E-state index contributed by atoms with van der Waals surface area (Å²) in [7, 11) is 0. The number of hydrogen-bond acceptors (Lipinski definition) is 1. The van der Waals surface area contributed by atoms with Crippen LogP contribution in [0.2, 0.25) is 0 Å². The van der Waals surface area contributed by atoms with Crippen LogP contribution in [-0.2, 0) is 0 Å². The topological polar surface area (TPSA) is 28.7 Å². The van der Waals surface area contributed by atoms with E-state index in [1.807, 2.05) is 24.3 Å². The van der Waals surface area contributed by atoms with Crippen molar-refractivity contribution in [3.05, 3.63) is 65.1 Å². The molecule has 0 amide bonds. The molecule has 0 saturated carbocycles. The van der Waals surface area contributed by atoms with Crippen LogP contribution in [0.3, 0.4) is 0 Å². The minimum absolute atomic E-state index is 0.892. The van der Waals surface area contributed by atoms with Crippen molar-refractivity contribution in [3.63, 3.8) is 0 Å². The van der Waals surface area contributed by atoms with Gasteiger partial charge in [0.25, 0.3) is 0 Å². The molecule has 0 saturated heterocycles. The average Bonchev–Trinajstić information content (AvgIpc) is 2.91. The lowest BCUT2D eigenvalue weighted by Crippen LogP contribution is -1.84. The lowest BCUT2D eigenvalue weighted by atomic mass is 10.1. The molecular weight excluding hydrogens is 312 g/mol. The molecule has 0 aliphatic heterocycles. The zero-order valence-electron chi connectivity index (χ0n) is 10.6. The Labute approximate surface area is 124 Å². The maximum Gasteiger partial charge on any atom is 0.139 e. The van der Waals surface area contributed by atoms with Crippen molar-refractivity contribution < 1.29 is 0 Å². The van der Waals surface area contributed by atoms with E-state index < -0.39 is 0 Å². The smallest absolute Gasteiger partial charge is 0.139 e. The summed E-state index contributed by atoms with van der Waals surface area (Å²) in [6.07, 6.45) is 0. The monoisotopic (exact) mass is 322 g/mol. The van der Waals surface area contributed by atoms with Gasteiger partial charge in [-0.1, -0.05) is 42.5 Å². The fourth-order valence-electron chi connectivity index (χ4n) is 2.50. The van der Waals surface area contributed by atoms with Gasteiger partial charge >= 0.3 is 0 Å². The van der Waals surface area contributed by atoms with Crippen molar-refractivity contribution in [3.8, 4) is 11.4 Å². The molecule has 0 bridgehead atoms. The Morgan fingerprint density at radius 3 is 2.55 bits per heavy atom. The number of H-pyrrole nitrogens is 1. The molecule has 4 aromatic rings. The number of aromatic nitrogens is 2. The summed E-state index contributed by atoms with van der Waals surface area (Å²) in [6.45, 7) is 0. The molecule has 0 atom stereocenters. The van der Waals surface area contributed by atoms with Crippen molar-refractivity contribution in [2.45, 2.75) is 0 Å². The highest BCUT2D eigenvalue weighted by Gasteiger charge is 2.10. The summed E-state index contributed by atoms with van der Waals surface area (Å²) in [6, 6.07) is 20.6. The summed E-state index contributed by atoms with van der Waals surface area (Å²) in [5, 5.41) is 2.42. The Balaban J connectivity index is 1.99. The molecule has 1 heterocycles. The molecule has 0 aliphatic rings. The largest absolute Gasteiger partial charge is 0.338 e. The molecule has 1 N–H and O–H groups in total. The van der Waals surface area contributed by atoms with Gasteiger partial charge in [-0.3, -0.25) is 0 Å². The Morgan fingerprint density at radius 2 is 1.65 bits per heavy atom. The van der Waals surface area contributed by atoms with Gasteiger partial charge in [-0.2, -0.15) is 0 Å². The number of benzene rings is 3. The third-order valence-corrected chi connectivity index (χ3v) is 4.36. The minimum Gasteiger partial charge on any atom is -0.338 e. The van der Waals surface area contributed by atoms with Gasteiger partial charge in [0.15, 0.2) is 0 Å². The second-order valence-corrected chi connectivity index (χ2v) is 5.54. The number of nitrogens with one attached hydrogen (secondary N) is 1. The normalized spacial score (nSPS) is 11.2. The second-order valence-electron chi connectivity index (χ2n) is 4.75. The summed E-state index contributed by atoms with van der Waals surface area (Å²) >= 11 is 3.72. The molecule has 3 aromatic carbocycles. The molecule has 2 nitrogen and oxygen atoms in total. The summed E-state index contributed by atoms with van der Waals surface area (Å²) < 4.78 is 1.08. The highest BCUT2D eigenvalue weighted by Crippen LogP contribution is 2.33. The lowest BCUT2D eigenvalue weighted by molar-refractivity contribution is 1.33. The molecule has 96 valence electrons. The van der Waals surface area contributed by atoms with Gasteiger partial charge in [-0.15, -0.1) is 0 Å². The van der Waals surface area contributed by atoms with Gasteiger partial charge in [0.2, 0.25) is 0 Å². The van der Waals surface area contributed by atoms with Crippen LogP contribution in [0, 0.1) is 0 Å². The number of para-hydroxylation sites is 2. The molecule has 1 aromatic heterocycles. The van der Waals surface area contributed by atoms with E-state index in [0.717, 1.165) is 26.9 Å². The Bertz CT molecular complexity index is 891. The van der Waals surface area contributed by atoms with E-state index in [2.05, 4.69) is 62.3 Å². The fourth-order valence-corrected chi connectivity index (χ4v) is 3.18. The third kappa shape index (κ3) is 1.74. The number of imidazole rings is 1. The first kappa shape index (κ1) is 11.7. The molecule has 4 rings (SSSR count). The molecule has 20 heavy (non-hydrogen) atoms. The van der Waals surface area contributed by atoms with Crippen molar-refractivity contribution in [2.75, 3.05) is 0 Å². The van der Waals surface area contributed by atoms with E-state index in [1.54, 1.807) is 0 Å². The number of hydrogen-bond donors (Lipinski definition) is 1. The quantitative estimate of drug-likeness (QED) is 0.516. The maximum absolute atomic E-state index is 4.67. The van der Waals surface area contributed by atoms with E-state index >= 15 is 0 Å². The standard InChI is InChI=1S/C17H11BrN2/c18-16-12-6-2-1-5-11(12)9-10-13(16)17-19-14-7-3-4-8-15(14)20-17/h1-10H,(H,19,20). The Morgan fingerprint density at radius 1 is 0.850 bits per heavy atom. The number of aromatic amines is 1. The molecular formula is C17H11BrN2. The molecule has 0 unspecified atom stereocenters. The molecule has 0 fully saturated rings. The Kier molecular flexibility index (Phi) is 2.60. The SMILES string of the molecule is Brc1c(-c2nc3ccccc3[nH]2)ccc2ccccc12. The minimum atomic E-state index is 0.892. The van der Waals surface area contributed by atoms with E-state index in [4.69, 9.17) is 0 Å². The first-order chi connectivity index (χ1) is 9.83. The van der Waals surface area contributed by atoms with Crippen molar-refractivity contribution in [2.24, 2.45) is 0 Å². The average molecular weight is 323 g/mol. The Hall–Kier alpha value is -2.13. The van der Waals surface area contributed by atoms with E-state index in [1.165, 1.54) is 10.8 Å². The predicted octanol–water partition coefficient (Wildman–Crippen LogP) is 5.15. The van der Waals surface area contributed by atoms with Crippen molar-refractivity contribution in [1.29, 1.82) is 0 Å². The summed E-state index contributed by atoms with van der Waals surface area (Å²) in [5.41, 5.74) is 3.13. The van der Waals surface area contributed by atoms with Crippen molar-refractivity contribution >= 4 is 37.7 Å². The van der Waals surface area contributed by atoms with Gasteiger partial charge in [-0.05, 0) is 44.9 Å². The van der Waals surface area contributed by atoms with Crippen LogP contribution in [0.4, 0.5) is 0 Å². The van der Waals surface area contributed by atoms with Crippen LogP contribution >= 0.6 is 15.9 Å². The van der Waals surface area contributed by atoms with Gasteiger partial charge < -0.3 is 4.98 Å².